The van der Waals surface area contributed by atoms with Gasteiger partial charge in [-0.05, 0) is 17.5 Å². The Hall–Kier alpha value is -1.71. The summed E-state index contributed by atoms with van der Waals surface area (Å²) in [6, 6.07) is 5.13. The lowest BCUT2D eigenvalue weighted by molar-refractivity contribution is 0.0938. The fraction of sp³-hybridized carbons (Fsp3) is 0.500. The second-order valence-electron chi connectivity index (χ2n) is 5.34. The minimum Gasteiger partial charge on any atom is -0.497 e. The molecule has 0 saturated carbocycles. The molecular formula is C14H21NO3. The summed E-state index contributed by atoms with van der Waals surface area (Å²) in [6.07, 6.45) is 0. The maximum Gasteiger partial charge on any atom is 0.251 e. The second kappa shape index (κ2) is 5.76. The van der Waals surface area contributed by atoms with Crippen molar-refractivity contribution in [2.45, 2.75) is 20.8 Å². The maximum atomic E-state index is 12.0. The van der Waals surface area contributed by atoms with E-state index in [1.807, 2.05) is 0 Å². The molecule has 18 heavy (non-hydrogen) atoms. The van der Waals surface area contributed by atoms with Gasteiger partial charge in [-0.2, -0.15) is 0 Å². The zero-order valence-electron chi connectivity index (χ0n) is 11.7. The van der Waals surface area contributed by atoms with E-state index in [2.05, 4.69) is 26.1 Å². The van der Waals surface area contributed by atoms with Crippen LogP contribution in [0, 0.1) is 5.41 Å². The summed E-state index contributed by atoms with van der Waals surface area (Å²) < 4.78 is 10.3. The molecule has 1 rings (SSSR count). The molecule has 0 saturated heterocycles. The third kappa shape index (κ3) is 4.28. The molecule has 1 aromatic carbocycles. The number of rotatable bonds is 4. The normalized spacial score (nSPS) is 10.9. The van der Waals surface area contributed by atoms with E-state index in [0.29, 0.717) is 23.6 Å². The van der Waals surface area contributed by atoms with Crippen LogP contribution in [-0.2, 0) is 0 Å². The molecule has 100 valence electrons. The molecule has 4 nitrogen and oxygen atoms in total. The Kier molecular flexibility index (Phi) is 4.59. The van der Waals surface area contributed by atoms with Gasteiger partial charge >= 0.3 is 0 Å². The zero-order valence-corrected chi connectivity index (χ0v) is 11.7. The van der Waals surface area contributed by atoms with Crippen molar-refractivity contribution >= 4 is 5.91 Å². The molecule has 1 amide bonds. The quantitative estimate of drug-likeness (QED) is 0.894. The lowest BCUT2D eigenvalue weighted by Crippen LogP contribution is -2.32. The minimum absolute atomic E-state index is 0.0542. The zero-order chi connectivity index (χ0) is 13.8. The highest BCUT2D eigenvalue weighted by Gasteiger charge is 2.14. The predicted molar refractivity (Wildman–Crippen MR) is 71.3 cm³/mol. The van der Waals surface area contributed by atoms with Crippen molar-refractivity contribution in [3.63, 3.8) is 0 Å². The lowest BCUT2D eigenvalue weighted by Gasteiger charge is -2.19. The first-order chi connectivity index (χ1) is 8.35. The average molecular weight is 251 g/mol. The molecule has 0 fully saturated rings. The summed E-state index contributed by atoms with van der Waals surface area (Å²) in [4.78, 5) is 12.0. The summed E-state index contributed by atoms with van der Waals surface area (Å²) >= 11 is 0. The molecule has 0 radical (unpaired) electrons. The highest BCUT2D eigenvalue weighted by molar-refractivity contribution is 5.95. The van der Waals surface area contributed by atoms with Crippen molar-refractivity contribution in [3.05, 3.63) is 23.8 Å². The lowest BCUT2D eigenvalue weighted by atomic mass is 9.97. The van der Waals surface area contributed by atoms with E-state index in [4.69, 9.17) is 9.47 Å². The van der Waals surface area contributed by atoms with Crippen LogP contribution in [0.1, 0.15) is 31.1 Å². The van der Waals surface area contributed by atoms with E-state index in [-0.39, 0.29) is 11.3 Å². The number of amides is 1. The molecule has 1 aromatic rings. The average Bonchev–Trinajstić information content (AvgIpc) is 2.34. The van der Waals surface area contributed by atoms with Crippen LogP contribution in [0.4, 0.5) is 0 Å². The van der Waals surface area contributed by atoms with Gasteiger partial charge in [-0.15, -0.1) is 0 Å². The fourth-order valence-electron chi connectivity index (χ4n) is 1.39. The molecular weight excluding hydrogens is 230 g/mol. The Labute approximate surface area is 108 Å². The van der Waals surface area contributed by atoms with Crippen LogP contribution in [0.15, 0.2) is 18.2 Å². The fourth-order valence-corrected chi connectivity index (χ4v) is 1.39. The van der Waals surface area contributed by atoms with Crippen molar-refractivity contribution < 1.29 is 14.3 Å². The highest BCUT2D eigenvalue weighted by atomic mass is 16.5. The van der Waals surface area contributed by atoms with Crippen molar-refractivity contribution in [2.24, 2.45) is 5.41 Å². The molecule has 0 spiro atoms. The first kappa shape index (κ1) is 14.4. The van der Waals surface area contributed by atoms with Crippen LogP contribution in [0.2, 0.25) is 0 Å². The van der Waals surface area contributed by atoms with Crippen molar-refractivity contribution in [1.29, 1.82) is 0 Å². The Morgan fingerprint density at radius 3 is 2.00 bits per heavy atom. The van der Waals surface area contributed by atoms with Gasteiger partial charge in [0.15, 0.2) is 0 Å². The molecule has 0 atom stereocenters. The number of ether oxygens (including phenoxy) is 2. The van der Waals surface area contributed by atoms with E-state index in [1.165, 1.54) is 0 Å². The Bertz CT molecular complexity index is 399. The highest BCUT2D eigenvalue weighted by Crippen LogP contribution is 2.22. The number of hydrogen-bond acceptors (Lipinski definition) is 3. The monoisotopic (exact) mass is 251 g/mol. The van der Waals surface area contributed by atoms with E-state index in [1.54, 1.807) is 32.4 Å². The Balaban J connectivity index is 2.84. The van der Waals surface area contributed by atoms with Crippen LogP contribution in [0.3, 0.4) is 0 Å². The number of hydrogen-bond donors (Lipinski definition) is 1. The third-order valence-electron chi connectivity index (χ3n) is 2.39. The standard InChI is InChI=1S/C14H21NO3/c1-14(2,3)9-15-13(16)10-6-11(17-4)8-12(7-10)18-5/h6-8H,9H2,1-5H3,(H,15,16). The topological polar surface area (TPSA) is 47.6 Å². The van der Waals surface area contributed by atoms with Gasteiger partial charge in [-0.25, -0.2) is 0 Å². The smallest absolute Gasteiger partial charge is 0.251 e. The van der Waals surface area contributed by atoms with Crippen LogP contribution in [0.25, 0.3) is 0 Å². The molecule has 1 N–H and O–H groups in total. The number of methoxy groups -OCH3 is 2. The Morgan fingerprint density at radius 1 is 1.11 bits per heavy atom. The first-order valence-electron chi connectivity index (χ1n) is 5.87. The second-order valence-corrected chi connectivity index (χ2v) is 5.34. The molecule has 0 aromatic heterocycles. The van der Waals surface area contributed by atoms with Crippen LogP contribution in [0.5, 0.6) is 11.5 Å². The third-order valence-corrected chi connectivity index (χ3v) is 2.39. The van der Waals surface area contributed by atoms with Gasteiger partial charge in [0.2, 0.25) is 0 Å². The van der Waals surface area contributed by atoms with Gasteiger partial charge in [-0.3, -0.25) is 4.79 Å². The Morgan fingerprint density at radius 2 is 1.61 bits per heavy atom. The number of carbonyl (C=O) groups excluding carboxylic acids is 1. The van der Waals surface area contributed by atoms with Crippen molar-refractivity contribution in [3.8, 4) is 11.5 Å². The maximum absolute atomic E-state index is 12.0. The molecule has 0 aliphatic heterocycles. The van der Waals surface area contributed by atoms with Gasteiger partial charge in [0.25, 0.3) is 5.91 Å². The SMILES string of the molecule is COc1cc(OC)cc(C(=O)NCC(C)(C)C)c1. The van der Waals surface area contributed by atoms with E-state index in [0.717, 1.165) is 0 Å². The molecule has 0 aliphatic carbocycles. The molecule has 0 unspecified atom stereocenters. The molecule has 4 heteroatoms. The van der Waals surface area contributed by atoms with E-state index in [9.17, 15) is 4.79 Å². The largest absolute Gasteiger partial charge is 0.497 e. The first-order valence-corrected chi connectivity index (χ1v) is 5.87. The number of nitrogens with one attached hydrogen (secondary N) is 1. The number of benzene rings is 1. The van der Waals surface area contributed by atoms with Gasteiger partial charge in [0.05, 0.1) is 14.2 Å². The summed E-state index contributed by atoms with van der Waals surface area (Å²) in [6.45, 7) is 6.82. The van der Waals surface area contributed by atoms with Gasteiger partial charge in [0, 0.05) is 18.2 Å². The summed E-state index contributed by atoms with van der Waals surface area (Å²) in [5, 5.41) is 2.89. The van der Waals surface area contributed by atoms with Crippen molar-refractivity contribution in [1.82, 2.24) is 5.32 Å². The van der Waals surface area contributed by atoms with Crippen molar-refractivity contribution in [2.75, 3.05) is 20.8 Å². The van der Waals surface area contributed by atoms with Crippen LogP contribution in [-0.4, -0.2) is 26.7 Å². The van der Waals surface area contributed by atoms with Gasteiger partial charge < -0.3 is 14.8 Å². The van der Waals surface area contributed by atoms with Crippen LogP contribution >= 0.6 is 0 Å². The minimum atomic E-state index is -0.123. The predicted octanol–water partition coefficient (Wildman–Crippen LogP) is 2.48. The number of carbonyl (C=O) groups is 1. The van der Waals surface area contributed by atoms with E-state index >= 15 is 0 Å². The summed E-state index contributed by atoms with van der Waals surface area (Å²) in [5.74, 6) is 1.09. The summed E-state index contributed by atoms with van der Waals surface area (Å²) in [7, 11) is 3.12. The van der Waals surface area contributed by atoms with Gasteiger partial charge in [0.1, 0.15) is 11.5 Å². The molecule has 0 aliphatic rings. The molecule has 0 heterocycles. The van der Waals surface area contributed by atoms with E-state index < -0.39 is 0 Å². The summed E-state index contributed by atoms with van der Waals surface area (Å²) in [5.41, 5.74) is 0.592. The van der Waals surface area contributed by atoms with Crippen LogP contribution < -0.4 is 14.8 Å². The van der Waals surface area contributed by atoms with Gasteiger partial charge in [-0.1, -0.05) is 20.8 Å². The molecule has 0 bridgehead atoms.